The summed E-state index contributed by atoms with van der Waals surface area (Å²) in [6, 6.07) is 7.33. The number of hydrogen-bond donors (Lipinski definition) is 1. The molecule has 1 aromatic carbocycles. The van der Waals surface area contributed by atoms with E-state index in [0.29, 0.717) is 5.56 Å². The van der Waals surface area contributed by atoms with Crippen LogP contribution in [0, 0.1) is 0 Å². The SMILES string of the molecule is CC1(NC(=O)c2ccc3nnccc3c2)CC1. The first-order chi connectivity index (χ1) is 8.16. The van der Waals surface area contributed by atoms with E-state index in [9.17, 15) is 4.79 Å². The van der Waals surface area contributed by atoms with Gasteiger partial charge in [-0.15, -0.1) is 0 Å². The molecule has 1 aliphatic carbocycles. The molecule has 4 nitrogen and oxygen atoms in total. The van der Waals surface area contributed by atoms with Crippen molar-refractivity contribution in [2.24, 2.45) is 0 Å². The molecule has 0 unspecified atom stereocenters. The van der Waals surface area contributed by atoms with Crippen LogP contribution in [0.1, 0.15) is 30.1 Å². The Morgan fingerprint density at radius 1 is 1.35 bits per heavy atom. The maximum atomic E-state index is 12.0. The molecule has 1 aromatic heterocycles. The Balaban J connectivity index is 1.92. The van der Waals surface area contributed by atoms with Gasteiger partial charge in [-0.05, 0) is 44.0 Å². The quantitative estimate of drug-likeness (QED) is 0.852. The summed E-state index contributed by atoms with van der Waals surface area (Å²) in [4.78, 5) is 12.0. The van der Waals surface area contributed by atoms with E-state index >= 15 is 0 Å². The average molecular weight is 227 g/mol. The zero-order valence-corrected chi connectivity index (χ0v) is 9.60. The van der Waals surface area contributed by atoms with Crippen molar-refractivity contribution < 1.29 is 4.79 Å². The highest BCUT2D eigenvalue weighted by Crippen LogP contribution is 2.34. The molecule has 0 saturated heterocycles. The molecule has 0 radical (unpaired) electrons. The van der Waals surface area contributed by atoms with Gasteiger partial charge in [0.15, 0.2) is 0 Å². The van der Waals surface area contributed by atoms with Gasteiger partial charge in [-0.2, -0.15) is 10.2 Å². The van der Waals surface area contributed by atoms with Crippen molar-refractivity contribution in [3.8, 4) is 0 Å². The standard InChI is InChI=1S/C13H13N3O/c1-13(5-6-13)15-12(17)10-2-3-11-9(8-10)4-7-14-16-11/h2-4,7-8H,5-6H2,1H3,(H,15,17). The molecule has 0 atom stereocenters. The largest absolute Gasteiger partial charge is 0.347 e. The number of nitrogens with zero attached hydrogens (tertiary/aromatic N) is 2. The Kier molecular flexibility index (Phi) is 2.11. The third-order valence-corrected chi connectivity index (χ3v) is 3.19. The molecular formula is C13H13N3O. The average Bonchev–Trinajstić information content (AvgIpc) is 3.06. The minimum atomic E-state index is -0.0105. The van der Waals surface area contributed by atoms with E-state index in [1.54, 1.807) is 12.3 Å². The van der Waals surface area contributed by atoms with Crippen LogP contribution in [0.2, 0.25) is 0 Å². The summed E-state index contributed by atoms with van der Waals surface area (Å²) in [5.74, 6) is -0.0105. The lowest BCUT2D eigenvalue weighted by Crippen LogP contribution is -2.34. The highest BCUT2D eigenvalue weighted by atomic mass is 16.1. The molecule has 4 heteroatoms. The van der Waals surface area contributed by atoms with Gasteiger partial charge < -0.3 is 5.32 Å². The van der Waals surface area contributed by atoms with Crippen molar-refractivity contribution in [2.45, 2.75) is 25.3 Å². The molecule has 2 aromatic rings. The Hall–Kier alpha value is -1.97. The molecule has 1 aliphatic rings. The van der Waals surface area contributed by atoms with Gasteiger partial charge in [-0.25, -0.2) is 0 Å². The summed E-state index contributed by atoms with van der Waals surface area (Å²) < 4.78 is 0. The van der Waals surface area contributed by atoms with Crippen LogP contribution in [-0.4, -0.2) is 21.6 Å². The van der Waals surface area contributed by atoms with Crippen molar-refractivity contribution in [2.75, 3.05) is 0 Å². The first-order valence-electron chi connectivity index (χ1n) is 5.70. The smallest absolute Gasteiger partial charge is 0.251 e. The number of aromatic nitrogens is 2. The minimum Gasteiger partial charge on any atom is -0.347 e. The summed E-state index contributed by atoms with van der Waals surface area (Å²) in [5, 5.41) is 11.8. The van der Waals surface area contributed by atoms with Crippen molar-refractivity contribution in [3.63, 3.8) is 0 Å². The van der Waals surface area contributed by atoms with Crippen molar-refractivity contribution in [1.29, 1.82) is 0 Å². The molecule has 1 N–H and O–H groups in total. The topological polar surface area (TPSA) is 54.9 Å². The Labute approximate surface area is 99.1 Å². The maximum absolute atomic E-state index is 12.0. The second-order valence-corrected chi connectivity index (χ2v) is 4.82. The lowest BCUT2D eigenvalue weighted by Gasteiger charge is -2.11. The van der Waals surface area contributed by atoms with Crippen LogP contribution < -0.4 is 5.32 Å². The van der Waals surface area contributed by atoms with E-state index in [1.165, 1.54) is 0 Å². The number of nitrogens with one attached hydrogen (secondary N) is 1. The fraction of sp³-hybridized carbons (Fsp3) is 0.308. The van der Waals surface area contributed by atoms with Crippen LogP contribution >= 0.6 is 0 Å². The van der Waals surface area contributed by atoms with Gasteiger partial charge >= 0.3 is 0 Å². The van der Waals surface area contributed by atoms with Gasteiger partial charge in [-0.3, -0.25) is 4.79 Å². The lowest BCUT2D eigenvalue weighted by atomic mass is 10.1. The number of hydrogen-bond acceptors (Lipinski definition) is 3. The van der Waals surface area contributed by atoms with E-state index in [0.717, 1.165) is 23.7 Å². The van der Waals surface area contributed by atoms with Gasteiger partial charge in [0.05, 0.1) is 11.7 Å². The van der Waals surface area contributed by atoms with Crippen molar-refractivity contribution in [3.05, 3.63) is 36.0 Å². The summed E-state index contributed by atoms with van der Waals surface area (Å²) in [7, 11) is 0. The molecule has 1 fully saturated rings. The third-order valence-electron chi connectivity index (χ3n) is 3.19. The van der Waals surface area contributed by atoms with Gasteiger partial charge in [0.25, 0.3) is 5.91 Å². The van der Waals surface area contributed by atoms with Crippen LogP contribution in [-0.2, 0) is 0 Å². The maximum Gasteiger partial charge on any atom is 0.251 e. The van der Waals surface area contributed by atoms with Crippen molar-refractivity contribution in [1.82, 2.24) is 15.5 Å². The first kappa shape index (κ1) is 10.2. The van der Waals surface area contributed by atoms with Crippen LogP contribution in [0.4, 0.5) is 0 Å². The van der Waals surface area contributed by atoms with Crippen LogP contribution in [0.15, 0.2) is 30.5 Å². The monoisotopic (exact) mass is 227 g/mol. The number of carbonyl (C=O) groups excluding carboxylic acids is 1. The molecule has 0 aliphatic heterocycles. The Bertz CT molecular complexity index is 590. The number of carbonyl (C=O) groups is 1. The molecule has 1 saturated carbocycles. The highest BCUT2D eigenvalue weighted by molar-refractivity contribution is 5.98. The fourth-order valence-electron chi connectivity index (χ4n) is 1.79. The van der Waals surface area contributed by atoms with Gasteiger partial charge in [0, 0.05) is 16.5 Å². The summed E-state index contributed by atoms with van der Waals surface area (Å²) >= 11 is 0. The Morgan fingerprint density at radius 2 is 2.18 bits per heavy atom. The lowest BCUT2D eigenvalue weighted by molar-refractivity contribution is 0.0935. The second kappa shape index (κ2) is 3.52. The zero-order chi connectivity index (χ0) is 11.9. The van der Waals surface area contributed by atoms with Gasteiger partial charge in [0.2, 0.25) is 0 Å². The number of fused-ring (bicyclic) bond motifs is 1. The predicted molar refractivity (Wildman–Crippen MR) is 64.6 cm³/mol. The highest BCUT2D eigenvalue weighted by Gasteiger charge is 2.38. The molecule has 0 spiro atoms. The number of rotatable bonds is 2. The molecular weight excluding hydrogens is 214 g/mol. The van der Waals surface area contributed by atoms with Crippen LogP contribution in [0.5, 0.6) is 0 Å². The van der Waals surface area contributed by atoms with E-state index in [-0.39, 0.29) is 11.4 Å². The van der Waals surface area contributed by atoms with Crippen LogP contribution in [0.25, 0.3) is 10.9 Å². The molecule has 1 heterocycles. The van der Waals surface area contributed by atoms with Crippen LogP contribution in [0.3, 0.4) is 0 Å². The zero-order valence-electron chi connectivity index (χ0n) is 9.60. The minimum absolute atomic E-state index is 0.0105. The Morgan fingerprint density at radius 3 is 2.94 bits per heavy atom. The molecule has 0 bridgehead atoms. The number of benzene rings is 1. The van der Waals surface area contributed by atoms with E-state index in [4.69, 9.17) is 0 Å². The third kappa shape index (κ3) is 1.98. The summed E-state index contributed by atoms with van der Waals surface area (Å²) in [5.41, 5.74) is 1.50. The normalized spacial score (nSPS) is 16.8. The summed E-state index contributed by atoms with van der Waals surface area (Å²) in [6.45, 7) is 2.07. The molecule has 17 heavy (non-hydrogen) atoms. The first-order valence-corrected chi connectivity index (χ1v) is 5.70. The predicted octanol–water partition coefficient (Wildman–Crippen LogP) is 1.91. The summed E-state index contributed by atoms with van der Waals surface area (Å²) in [6.07, 6.45) is 3.77. The fourth-order valence-corrected chi connectivity index (χ4v) is 1.79. The van der Waals surface area contributed by atoms with E-state index in [2.05, 4.69) is 22.4 Å². The molecule has 86 valence electrons. The number of amides is 1. The van der Waals surface area contributed by atoms with E-state index in [1.807, 2.05) is 18.2 Å². The second-order valence-electron chi connectivity index (χ2n) is 4.82. The van der Waals surface area contributed by atoms with Crippen molar-refractivity contribution >= 4 is 16.8 Å². The van der Waals surface area contributed by atoms with Gasteiger partial charge in [-0.1, -0.05) is 0 Å². The molecule has 1 amide bonds. The van der Waals surface area contributed by atoms with Gasteiger partial charge in [0.1, 0.15) is 0 Å². The van der Waals surface area contributed by atoms with E-state index < -0.39 is 0 Å². The molecule has 3 rings (SSSR count).